The van der Waals surface area contributed by atoms with Crippen molar-refractivity contribution in [3.63, 3.8) is 0 Å². The number of furan rings is 1. The van der Waals surface area contributed by atoms with E-state index in [0.717, 1.165) is 30.1 Å². The van der Waals surface area contributed by atoms with Gasteiger partial charge in [0.05, 0.1) is 25.5 Å². The molecule has 1 amide bonds. The summed E-state index contributed by atoms with van der Waals surface area (Å²) in [6, 6.07) is 15.1. The van der Waals surface area contributed by atoms with E-state index in [2.05, 4.69) is 0 Å². The number of thiophene rings is 1. The molecule has 5 nitrogen and oxygen atoms in total. The maximum atomic E-state index is 13.2. The Balaban J connectivity index is 1.47. The second-order valence-corrected chi connectivity index (χ2v) is 7.83. The second kappa shape index (κ2) is 9.08. The van der Waals surface area contributed by atoms with E-state index < -0.39 is 0 Å². The Morgan fingerprint density at radius 2 is 2.14 bits per heavy atom. The van der Waals surface area contributed by atoms with Gasteiger partial charge in [0.1, 0.15) is 18.1 Å². The van der Waals surface area contributed by atoms with Gasteiger partial charge < -0.3 is 18.8 Å². The fourth-order valence-electron chi connectivity index (χ4n) is 3.25. The highest BCUT2D eigenvalue weighted by Crippen LogP contribution is 2.21. The minimum atomic E-state index is -0.0487. The van der Waals surface area contributed by atoms with Gasteiger partial charge in [-0.25, -0.2) is 0 Å². The van der Waals surface area contributed by atoms with Crippen LogP contribution in [0.2, 0.25) is 0 Å². The maximum absolute atomic E-state index is 13.2. The molecule has 1 aliphatic rings. The Morgan fingerprint density at radius 1 is 1.18 bits per heavy atom. The van der Waals surface area contributed by atoms with Crippen LogP contribution in [0.5, 0.6) is 5.75 Å². The standard InChI is InChI=1S/C22H23NO4S/c24-22(17-5-1-6-18(13-17)27-16-20-8-3-11-26-20)23(14-19-7-2-10-25-19)15-21-9-4-12-28-21/h1-2,4-7,9-10,12-13,20H,3,8,11,14-16H2. The molecule has 1 aromatic carbocycles. The third-order valence-electron chi connectivity index (χ3n) is 4.68. The predicted molar refractivity (Wildman–Crippen MR) is 108 cm³/mol. The largest absolute Gasteiger partial charge is 0.491 e. The SMILES string of the molecule is O=C(c1cccc(OCC2CCCO2)c1)N(Cc1ccco1)Cc1cccs1. The van der Waals surface area contributed by atoms with Crippen LogP contribution in [0, 0.1) is 0 Å². The van der Waals surface area contributed by atoms with Crippen LogP contribution in [0.3, 0.4) is 0 Å². The highest BCUT2D eigenvalue weighted by Gasteiger charge is 2.20. The van der Waals surface area contributed by atoms with E-state index in [1.54, 1.807) is 28.6 Å². The van der Waals surface area contributed by atoms with Crippen molar-refractivity contribution in [1.29, 1.82) is 0 Å². The highest BCUT2D eigenvalue weighted by molar-refractivity contribution is 7.09. The first-order valence-corrected chi connectivity index (χ1v) is 10.3. The first-order valence-electron chi connectivity index (χ1n) is 9.46. The van der Waals surface area contributed by atoms with E-state index in [4.69, 9.17) is 13.9 Å². The normalized spacial score (nSPS) is 16.2. The number of carbonyl (C=O) groups is 1. The molecule has 0 bridgehead atoms. The summed E-state index contributed by atoms with van der Waals surface area (Å²) in [5.41, 5.74) is 0.605. The lowest BCUT2D eigenvalue weighted by Gasteiger charge is -2.21. The number of hydrogen-bond donors (Lipinski definition) is 0. The summed E-state index contributed by atoms with van der Waals surface area (Å²) >= 11 is 1.64. The molecule has 1 unspecified atom stereocenters. The monoisotopic (exact) mass is 397 g/mol. The molecule has 0 N–H and O–H groups in total. The van der Waals surface area contributed by atoms with Crippen LogP contribution in [0.1, 0.15) is 33.8 Å². The van der Waals surface area contributed by atoms with E-state index in [0.29, 0.717) is 31.0 Å². The van der Waals surface area contributed by atoms with Crippen molar-refractivity contribution in [3.05, 3.63) is 76.4 Å². The highest BCUT2D eigenvalue weighted by atomic mass is 32.1. The lowest BCUT2D eigenvalue weighted by atomic mass is 10.1. The molecule has 146 valence electrons. The summed E-state index contributed by atoms with van der Waals surface area (Å²) in [6.45, 7) is 2.28. The number of rotatable bonds is 8. The third kappa shape index (κ3) is 4.82. The molecule has 28 heavy (non-hydrogen) atoms. The zero-order valence-corrected chi connectivity index (χ0v) is 16.4. The van der Waals surface area contributed by atoms with Gasteiger partial charge >= 0.3 is 0 Å². The van der Waals surface area contributed by atoms with Gasteiger partial charge in [0.25, 0.3) is 5.91 Å². The molecule has 3 aromatic rings. The van der Waals surface area contributed by atoms with Crippen molar-refractivity contribution in [1.82, 2.24) is 4.90 Å². The van der Waals surface area contributed by atoms with Crippen LogP contribution in [-0.4, -0.2) is 30.1 Å². The number of hydrogen-bond acceptors (Lipinski definition) is 5. The molecule has 0 spiro atoms. The molecule has 0 aliphatic carbocycles. The minimum Gasteiger partial charge on any atom is -0.491 e. The number of amides is 1. The van der Waals surface area contributed by atoms with Gasteiger partial charge in [-0.05, 0) is 54.6 Å². The van der Waals surface area contributed by atoms with Crippen molar-refractivity contribution < 1.29 is 18.7 Å². The lowest BCUT2D eigenvalue weighted by Crippen LogP contribution is -2.29. The molecule has 3 heterocycles. The Kier molecular flexibility index (Phi) is 6.09. The topological polar surface area (TPSA) is 51.9 Å². The molecule has 6 heteroatoms. The van der Waals surface area contributed by atoms with Gasteiger partial charge in [-0.2, -0.15) is 0 Å². The Morgan fingerprint density at radius 3 is 2.89 bits per heavy atom. The third-order valence-corrected chi connectivity index (χ3v) is 5.54. The Labute approximate surface area is 168 Å². The van der Waals surface area contributed by atoms with Crippen LogP contribution in [0.4, 0.5) is 0 Å². The minimum absolute atomic E-state index is 0.0487. The predicted octanol–water partition coefficient (Wildman–Crippen LogP) is 4.74. The first-order chi connectivity index (χ1) is 13.8. The molecule has 0 radical (unpaired) electrons. The number of carbonyl (C=O) groups excluding carboxylic acids is 1. The van der Waals surface area contributed by atoms with Gasteiger partial charge in [-0.15, -0.1) is 11.3 Å². The molecule has 1 atom stereocenters. The van der Waals surface area contributed by atoms with E-state index in [1.165, 1.54) is 0 Å². The van der Waals surface area contributed by atoms with Crippen molar-refractivity contribution in [2.75, 3.05) is 13.2 Å². The summed E-state index contributed by atoms with van der Waals surface area (Å²) < 4.78 is 16.9. The number of benzene rings is 1. The molecular weight excluding hydrogens is 374 g/mol. The van der Waals surface area contributed by atoms with E-state index in [9.17, 15) is 4.79 Å². The van der Waals surface area contributed by atoms with Crippen molar-refractivity contribution in [2.24, 2.45) is 0 Å². The van der Waals surface area contributed by atoms with E-state index in [1.807, 2.05) is 47.8 Å². The quantitative estimate of drug-likeness (QED) is 0.551. The van der Waals surface area contributed by atoms with Crippen LogP contribution in [-0.2, 0) is 17.8 Å². The van der Waals surface area contributed by atoms with E-state index in [-0.39, 0.29) is 12.0 Å². The van der Waals surface area contributed by atoms with Crippen molar-refractivity contribution in [3.8, 4) is 5.75 Å². The molecule has 1 saturated heterocycles. The van der Waals surface area contributed by atoms with Crippen LogP contribution in [0.15, 0.2) is 64.6 Å². The van der Waals surface area contributed by atoms with Crippen LogP contribution < -0.4 is 4.74 Å². The number of ether oxygens (including phenoxy) is 2. The molecular formula is C22H23NO4S. The van der Waals surface area contributed by atoms with Gasteiger partial charge in [-0.1, -0.05) is 12.1 Å². The van der Waals surface area contributed by atoms with Gasteiger partial charge in [-0.3, -0.25) is 4.79 Å². The summed E-state index contributed by atoms with van der Waals surface area (Å²) in [5.74, 6) is 1.40. The molecule has 0 saturated carbocycles. The smallest absolute Gasteiger partial charge is 0.254 e. The molecule has 4 rings (SSSR count). The number of nitrogens with zero attached hydrogens (tertiary/aromatic N) is 1. The van der Waals surface area contributed by atoms with Gasteiger partial charge in [0, 0.05) is 17.0 Å². The fraction of sp³-hybridized carbons (Fsp3) is 0.318. The summed E-state index contributed by atoms with van der Waals surface area (Å²) in [5, 5.41) is 2.02. The molecule has 1 aliphatic heterocycles. The first kappa shape index (κ1) is 18.8. The second-order valence-electron chi connectivity index (χ2n) is 6.79. The average molecular weight is 397 g/mol. The maximum Gasteiger partial charge on any atom is 0.254 e. The Hall–Kier alpha value is -2.57. The van der Waals surface area contributed by atoms with Crippen LogP contribution in [0.25, 0.3) is 0 Å². The van der Waals surface area contributed by atoms with Crippen molar-refractivity contribution >= 4 is 17.2 Å². The fourth-order valence-corrected chi connectivity index (χ4v) is 3.97. The Bertz CT molecular complexity index is 834. The average Bonchev–Trinajstić information content (AvgIpc) is 3.49. The molecule has 2 aromatic heterocycles. The van der Waals surface area contributed by atoms with E-state index >= 15 is 0 Å². The summed E-state index contributed by atoms with van der Waals surface area (Å²) in [6.07, 6.45) is 3.88. The zero-order valence-electron chi connectivity index (χ0n) is 15.6. The summed E-state index contributed by atoms with van der Waals surface area (Å²) in [4.78, 5) is 16.1. The van der Waals surface area contributed by atoms with Gasteiger partial charge in [0.2, 0.25) is 0 Å². The summed E-state index contributed by atoms with van der Waals surface area (Å²) in [7, 11) is 0. The van der Waals surface area contributed by atoms with Crippen LogP contribution >= 0.6 is 11.3 Å². The van der Waals surface area contributed by atoms with Gasteiger partial charge in [0.15, 0.2) is 0 Å². The molecule has 1 fully saturated rings. The lowest BCUT2D eigenvalue weighted by molar-refractivity contribution is 0.0675. The zero-order chi connectivity index (χ0) is 19.2. The van der Waals surface area contributed by atoms with Crippen molar-refractivity contribution in [2.45, 2.75) is 32.0 Å².